The fourth-order valence-corrected chi connectivity index (χ4v) is 5.60. The predicted octanol–water partition coefficient (Wildman–Crippen LogP) is 1.66. The predicted molar refractivity (Wildman–Crippen MR) is 121 cm³/mol. The molecule has 0 bridgehead atoms. The normalized spacial score (nSPS) is 20.8. The third-order valence-corrected chi connectivity index (χ3v) is 7.75. The number of β-amino-alcohol motifs (C(OH)–C–C–N with tert-alkyl or cyclic N) is 1. The van der Waals surface area contributed by atoms with Gasteiger partial charge in [0.15, 0.2) is 11.5 Å². The van der Waals surface area contributed by atoms with Gasteiger partial charge in [-0.1, -0.05) is 6.07 Å². The van der Waals surface area contributed by atoms with Crippen LogP contribution in [0.4, 0.5) is 5.82 Å². The highest BCUT2D eigenvalue weighted by molar-refractivity contribution is 5.99. The molecule has 1 atom stereocenters. The van der Waals surface area contributed by atoms with Crippen LogP contribution in [0.2, 0.25) is 0 Å². The van der Waals surface area contributed by atoms with Crippen molar-refractivity contribution in [2.24, 2.45) is 5.41 Å². The van der Waals surface area contributed by atoms with Crippen molar-refractivity contribution in [3.63, 3.8) is 0 Å². The minimum absolute atomic E-state index is 0.131. The second kappa shape index (κ2) is 7.85. The molecule has 5 heterocycles. The first kappa shape index (κ1) is 21.2. The molecule has 3 aromatic rings. The number of amides is 1. The molecule has 2 aromatic heterocycles. The van der Waals surface area contributed by atoms with Gasteiger partial charge in [0, 0.05) is 18.7 Å². The molecule has 0 unspecified atom stereocenters. The standard InChI is InChI=1S/C24H26N6O4/c1-15-16(2-3-17-18(15)13-34-22(17)32)19(31)12-28-9-6-24(7-10-28)8-11-29(23(24)33)21-5-4-20-26-25-14-30(20)27-21/h2-5,14,19,31H,6-13H2,1H3/t19-/m0/s1. The van der Waals surface area contributed by atoms with E-state index in [2.05, 4.69) is 20.2 Å². The summed E-state index contributed by atoms with van der Waals surface area (Å²) in [5.74, 6) is 0.459. The number of piperidine rings is 1. The van der Waals surface area contributed by atoms with Gasteiger partial charge in [-0.05, 0) is 68.6 Å². The maximum absolute atomic E-state index is 13.4. The number of ether oxygens (including phenoxy) is 1. The van der Waals surface area contributed by atoms with E-state index in [0.717, 1.165) is 49.0 Å². The van der Waals surface area contributed by atoms with Crippen LogP contribution in [0.1, 0.15) is 52.4 Å². The number of aliphatic hydroxyl groups excluding tert-OH is 1. The molecule has 10 nitrogen and oxygen atoms in total. The van der Waals surface area contributed by atoms with Gasteiger partial charge in [0.2, 0.25) is 5.91 Å². The van der Waals surface area contributed by atoms with Gasteiger partial charge in [-0.15, -0.1) is 15.3 Å². The van der Waals surface area contributed by atoms with Gasteiger partial charge >= 0.3 is 5.97 Å². The Morgan fingerprint density at radius 3 is 2.74 bits per heavy atom. The first-order valence-electron chi connectivity index (χ1n) is 11.6. The highest BCUT2D eigenvalue weighted by Gasteiger charge is 2.49. The van der Waals surface area contributed by atoms with Crippen molar-refractivity contribution in [1.82, 2.24) is 24.7 Å². The van der Waals surface area contributed by atoms with Crippen molar-refractivity contribution in [2.45, 2.75) is 38.9 Å². The number of rotatable bonds is 4. The van der Waals surface area contributed by atoms with Gasteiger partial charge in [0.1, 0.15) is 12.9 Å². The van der Waals surface area contributed by atoms with Crippen LogP contribution in [0.5, 0.6) is 0 Å². The molecule has 2 saturated heterocycles. The summed E-state index contributed by atoms with van der Waals surface area (Å²) in [5.41, 5.74) is 3.49. The number of hydrogen-bond acceptors (Lipinski definition) is 8. The fourth-order valence-electron chi connectivity index (χ4n) is 5.60. The van der Waals surface area contributed by atoms with Crippen LogP contribution in [-0.4, -0.2) is 67.9 Å². The first-order chi connectivity index (χ1) is 16.4. The van der Waals surface area contributed by atoms with Crippen molar-refractivity contribution in [2.75, 3.05) is 31.1 Å². The highest BCUT2D eigenvalue weighted by atomic mass is 16.5. The number of carbonyl (C=O) groups is 2. The van der Waals surface area contributed by atoms with Crippen LogP contribution >= 0.6 is 0 Å². The second-order valence-electron chi connectivity index (χ2n) is 9.51. The van der Waals surface area contributed by atoms with Crippen molar-refractivity contribution < 1.29 is 19.4 Å². The zero-order chi connectivity index (χ0) is 23.4. The van der Waals surface area contributed by atoms with Gasteiger partial charge in [0.05, 0.1) is 17.1 Å². The Labute approximate surface area is 196 Å². The number of nitrogens with zero attached hydrogens (tertiary/aromatic N) is 6. The second-order valence-corrected chi connectivity index (χ2v) is 9.51. The molecule has 10 heteroatoms. The summed E-state index contributed by atoms with van der Waals surface area (Å²) in [6, 6.07) is 7.22. The van der Waals surface area contributed by atoms with Crippen LogP contribution < -0.4 is 4.90 Å². The third kappa shape index (κ3) is 3.28. The van der Waals surface area contributed by atoms with Gasteiger partial charge in [0.25, 0.3) is 0 Å². The van der Waals surface area contributed by atoms with Gasteiger partial charge in [-0.25, -0.2) is 4.79 Å². The minimum Gasteiger partial charge on any atom is -0.457 e. The molecule has 176 valence electrons. The molecular weight excluding hydrogens is 436 g/mol. The quantitative estimate of drug-likeness (QED) is 0.583. The molecule has 3 aliphatic rings. The summed E-state index contributed by atoms with van der Waals surface area (Å²) in [6.07, 6.45) is 3.20. The summed E-state index contributed by atoms with van der Waals surface area (Å²) >= 11 is 0. The number of benzene rings is 1. The third-order valence-electron chi connectivity index (χ3n) is 7.75. The monoisotopic (exact) mass is 462 g/mol. The fraction of sp³-hybridized carbons (Fsp3) is 0.458. The van der Waals surface area contributed by atoms with E-state index in [1.54, 1.807) is 15.5 Å². The Bertz CT molecular complexity index is 1300. The number of anilines is 1. The van der Waals surface area contributed by atoms with Crippen molar-refractivity contribution in [3.8, 4) is 0 Å². The molecule has 34 heavy (non-hydrogen) atoms. The lowest BCUT2D eigenvalue weighted by molar-refractivity contribution is -0.128. The number of hydrogen-bond donors (Lipinski definition) is 1. The van der Waals surface area contributed by atoms with Crippen molar-refractivity contribution in [1.29, 1.82) is 0 Å². The SMILES string of the molecule is Cc1c([C@@H](O)CN2CCC3(CC2)CCN(c2ccc4nncn4n2)C3=O)ccc2c1COC2=O. The maximum atomic E-state index is 13.4. The van der Waals surface area contributed by atoms with Crippen LogP contribution in [0.25, 0.3) is 5.65 Å². The highest BCUT2D eigenvalue weighted by Crippen LogP contribution is 2.43. The molecule has 6 rings (SSSR count). The Morgan fingerprint density at radius 2 is 1.91 bits per heavy atom. The molecular formula is C24H26N6O4. The smallest absolute Gasteiger partial charge is 0.338 e. The molecule has 0 radical (unpaired) electrons. The average Bonchev–Trinajstić information content (AvgIpc) is 3.54. The zero-order valence-corrected chi connectivity index (χ0v) is 19.0. The molecule has 1 N–H and O–H groups in total. The van der Waals surface area contributed by atoms with E-state index >= 15 is 0 Å². The van der Waals surface area contributed by atoms with E-state index in [0.29, 0.717) is 30.1 Å². The lowest BCUT2D eigenvalue weighted by Gasteiger charge is -2.38. The van der Waals surface area contributed by atoms with E-state index in [-0.39, 0.29) is 23.9 Å². The molecule has 1 spiro atoms. The number of cyclic esters (lactones) is 1. The summed E-state index contributed by atoms with van der Waals surface area (Å²) in [5, 5.41) is 23.3. The van der Waals surface area contributed by atoms with E-state index in [4.69, 9.17) is 4.74 Å². The number of carbonyl (C=O) groups excluding carboxylic acids is 2. The zero-order valence-electron chi connectivity index (χ0n) is 19.0. The molecule has 0 aliphatic carbocycles. The molecule has 2 fully saturated rings. The van der Waals surface area contributed by atoms with Gasteiger partial charge in [-0.2, -0.15) is 4.52 Å². The van der Waals surface area contributed by atoms with Crippen LogP contribution in [0.3, 0.4) is 0 Å². The van der Waals surface area contributed by atoms with Crippen LogP contribution in [0, 0.1) is 12.3 Å². The lowest BCUT2D eigenvalue weighted by atomic mass is 9.77. The topological polar surface area (TPSA) is 113 Å². The number of fused-ring (bicyclic) bond motifs is 2. The molecule has 0 saturated carbocycles. The number of esters is 1. The number of aliphatic hydroxyl groups is 1. The number of likely N-dealkylation sites (tertiary alicyclic amines) is 1. The first-order valence-corrected chi connectivity index (χ1v) is 11.6. The van der Waals surface area contributed by atoms with E-state index in [1.807, 2.05) is 25.1 Å². The van der Waals surface area contributed by atoms with E-state index in [9.17, 15) is 14.7 Å². The molecule has 1 amide bonds. The van der Waals surface area contributed by atoms with E-state index in [1.165, 1.54) is 6.33 Å². The van der Waals surface area contributed by atoms with Gasteiger partial charge in [-0.3, -0.25) is 9.69 Å². The van der Waals surface area contributed by atoms with Gasteiger partial charge < -0.3 is 14.7 Å². The summed E-state index contributed by atoms with van der Waals surface area (Å²) in [6.45, 7) is 4.85. The lowest BCUT2D eigenvalue weighted by Crippen LogP contribution is -2.45. The Morgan fingerprint density at radius 1 is 1.12 bits per heavy atom. The Kier molecular flexibility index (Phi) is 4.89. The number of aromatic nitrogens is 4. The Balaban J connectivity index is 1.11. The minimum atomic E-state index is -0.662. The largest absolute Gasteiger partial charge is 0.457 e. The molecule has 1 aromatic carbocycles. The van der Waals surface area contributed by atoms with Crippen molar-refractivity contribution in [3.05, 3.63) is 52.8 Å². The van der Waals surface area contributed by atoms with Crippen molar-refractivity contribution >= 4 is 23.3 Å². The Hall–Kier alpha value is -3.37. The maximum Gasteiger partial charge on any atom is 0.338 e. The summed E-state index contributed by atoms with van der Waals surface area (Å²) in [4.78, 5) is 29.2. The summed E-state index contributed by atoms with van der Waals surface area (Å²) < 4.78 is 6.72. The van der Waals surface area contributed by atoms with E-state index < -0.39 is 6.10 Å². The molecule has 3 aliphatic heterocycles. The average molecular weight is 463 g/mol. The summed E-state index contributed by atoms with van der Waals surface area (Å²) in [7, 11) is 0. The van der Waals surface area contributed by atoms with Crippen LogP contribution in [-0.2, 0) is 16.1 Å². The van der Waals surface area contributed by atoms with Crippen LogP contribution in [0.15, 0.2) is 30.6 Å².